The van der Waals surface area contributed by atoms with Crippen LogP contribution in [0.3, 0.4) is 0 Å². The van der Waals surface area contributed by atoms with Crippen LogP contribution in [0.2, 0.25) is 5.02 Å². The van der Waals surface area contributed by atoms with Gasteiger partial charge in [0.25, 0.3) is 0 Å². The van der Waals surface area contributed by atoms with E-state index in [1.165, 1.54) is 18.2 Å². The third kappa shape index (κ3) is 2.67. The fraction of sp³-hybridized carbons (Fsp3) is 0.0625. The van der Waals surface area contributed by atoms with Gasteiger partial charge in [0.05, 0.1) is 5.52 Å². The van der Waals surface area contributed by atoms with Crippen molar-refractivity contribution in [3.63, 3.8) is 0 Å². The highest BCUT2D eigenvalue weighted by Crippen LogP contribution is 2.34. The maximum atomic E-state index is 13.4. The van der Waals surface area contributed by atoms with Crippen molar-refractivity contribution in [3.05, 3.63) is 75.1 Å². The highest BCUT2D eigenvalue weighted by atomic mass is 79.9. The van der Waals surface area contributed by atoms with Gasteiger partial charge in [0, 0.05) is 32.2 Å². The average Bonchev–Trinajstić information content (AvgIpc) is 2.50. The fourth-order valence-corrected chi connectivity index (χ4v) is 2.95. The van der Waals surface area contributed by atoms with Crippen LogP contribution >= 0.6 is 27.5 Å². The van der Waals surface area contributed by atoms with Crippen LogP contribution in [0, 0.1) is 5.82 Å². The van der Waals surface area contributed by atoms with Gasteiger partial charge in [-0.25, -0.2) is 4.39 Å². The van der Waals surface area contributed by atoms with E-state index >= 15 is 0 Å². The lowest BCUT2D eigenvalue weighted by Crippen LogP contribution is -2.03. The molecule has 0 radical (unpaired) electrons. The molecular weight excluding hydrogens is 357 g/mol. The van der Waals surface area contributed by atoms with Crippen molar-refractivity contribution >= 4 is 38.4 Å². The third-order valence-electron chi connectivity index (χ3n) is 3.29. The van der Waals surface area contributed by atoms with Crippen molar-refractivity contribution in [1.29, 1.82) is 0 Å². The first-order valence-electron chi connectivity index (χ1n) is 6.24. The van der Waals surface area contributed by atoms with Crippen LogP contribution in [0.25, 0.3) is 10.9 Å². The molecule has 0 aliphatic carbocycles. The monoisotopic (exact) mass is 365 g/mol. The summed E-state index contributed by atoms with van der Waals surface area (Å²) in [5.41, 5.74) is 1.56. The standard InChI is InChI=1S/C16H10BrClFNO/c17-13-5-4-11(15-10(13)2-1-7-20-15)16(21)12-8-9(19)3-6-14(12)18/h1-8,16,21H. The Bertz CT molecular complexity index is 824. The van der Waals surface area contributed by atoms with Gasteiger partial charge < -0.3 is 5.11 Å². The minimum absolute atomic E-state index is 0.316. The topological polar surface area (TPSA) is 33.1 Å². The van der Waals surface area contributed by atoms with Crippen molar-refractivity contribution in [2.45, 2.75) is 6.10 Å². The van der Waals surface area contributed by atoms with Crippen molar-refractivity contribution in [2.75, 3.05) is 0 Å². The zero-order valence-corrected chi connectivity index (χ0v) is 13.1. The average molecular weight is 367 g/mol. The molecular formula is C16H10BrClFNO. The van der Waals surface area contributed by atoms with Crippen LogP contribution in [-0.4, -0.2) is 10.1 Å². The summed E-state index contributed by atoms with van der Waals surface area (Å²) in [6.45, 7) is 0. The molecule has 0 aliphatic rings. The van der Waals surface area contributed by atoms with E-state index in [2.05, 4.69) is 20.9 Å². The van der Waals surface area contributed by atoms with Crippen molar-refractivity contribution in [1.82, 2.24) is 4.98 Å². The maximum Gasteiger partial charge on any atom is 0.123 e. The Balaban J connectivity index is 2.20. The molecule has 106 valence electrons. The van der Waals surface area contributed by atoms with Gasteiger partial charge >= 0.3 is 0 Å². The Hall–Kier alpha value is -1.49. The second-order valence-electron chi connectivity index (χ2n) is 4.60. The summed E-state index contributed by atoms with van der Waals surface area (Å²) in [6, 6.07) is 11.2. The second-order valence-corrected chi connectivity index (χ2v) is 5.87. The molecule has 0 spiro atoms. The molecule has 0 fully saturated rings. The van der Waals surface area contributed by atoms with E-state index in [9.17, 15) is 9.50 Å². The molecule has 3 rings (SSSR count). The smallest absolute Gasteiger partial charge is 0.123 e. The van der Waals surface area contributed by atoms with E-state index in [0.29, 0.717) is 21.7 Å². The van der Waals surface area contributed by atoms with Gasteiger partial charge in [-0.15, -0.1) is 0 Å². The molecule has 0 bridgehead atoms. The summed E-state index contributed by atoms with van der Waals surface area (Å²) in [7, 11) is 0. The minimum atomic E-state index is -1.04. The molecule has 1 unspecified atom stereocenters. The van der Waals surface area contributed by atoms with E-state index in [4.69, 9.17) is 11.6 Å². The SMILES string of the molecule is OC(c1cc(F)ccc1Cl)c1ccc(Br)c2cccnc12. The van der Waals surface area contributed by atoms with E-state index in [-0.39, 0.29) is 0 Å². The number of rotatable bonds is 2. The number of halogens is 3. The first kappa shape index (κ1) is 14.4. The first-order valence-corrected chi connectivity index (χ1v) is 7.41. The molecule has 0 saturated heterocycles. The molecule has 1 heterocycles. The summed E-state index contributed by atoms with van der Waals surface area (Å²) in [5.74, 6) is -0.442. The minimum Gasteiger partial charge on any atom is -0.384 e. The Labute approximate surface area is 134 Å². The van der Waals surface area contributed by atoms with Crippen molar-refractivity contribution in [2.24, 2.45) is 0 Å². The van der Waals surface area contributed by atoms with Gasteiger partial charge in [0.2, 0.25) is 0 Å². The number of benzene rings is 2. The summed E-state index contributed by atoms with van der Waals surface area (Å²) in [5, 5.41) is 11.8. The third-order valence-corrected chi connectivity index (χ3v) is 4.33. The quantitative estimate of drug-likeness (QED) is 0.702. The number of aliphatic hydroxyl groups is 1. The molecule has 2 nitrogen and oxygen atoms in total. The molecule has 3 aromatic rings. The van der Waals surface area contributed by atoms with Gasteiger partial charge in [0.1, 0.15) is 11.9 Å². The van der Waals surface area contributed by atoms with Crippen LogP contribution in [0.15, 0.2) is 53.1 Å². The van der Waals surface area contributed by atoms with E-state index < -0.39 is 11.9 Å². The zero-order valence-electron chi connectivity index (χ0n) is 10.7. The van der Waals surface area contributed by atoms with E-state index in [1.807, 2.05) is 18.2 Å². The summed E-state index contributed by atoms with van der Waals surface area (Å²) < 4.78 is 14.3. The largest absolute Gasteiger partial charge is 0.384 e. The van der Waals surface area contributed by atoms with Crippen molar-refractivity contribution < 1.29 is 9.50 Å². The second kappa shape index (κ2) is 5.72. The van der Waals surface area contributed by atoms with Crippen LogP contribution in [0.5, 0.6) is 0 Å². The Kier molecular flexibility index (Phi) is 3.93. The predicted octanol–water partition coefficient (Wildman–Crippen LogP) is 4.87. The van der Waals surface area contributed by atoms with Crippen LogP contribution < -0.4 is 0 Å². The van der Waals surface area contributed by atoms with E-state index in [1.54, 1.807) is 12.3 Å². The van der Waals surface area contributed by atoms with Gasteiger partial charge in [-0.3, -0.25) is 4.98 Å². The van der Waals surface area contributed by atoms with Crippen molar-refractivity contribution in [3.8, 4) is 0 Å². The van der Waals surface area contributed by atoms with Gasteiger partial charge in [-0.05, 0) is 30.3 Å². The first-order chi connectivity index (χ1) is 10.1. The highest BCUT2D eigenvalue weighted by molar-refractivity contribution is 9.10. The molecule has 2 aromatic carbocycles. The molecule has 0 amide bonds. The summed E-state index contributed by atoms with van der Waals surface area (Å²) in [4.78, 5) is 4.31. The number of nitrogens with zero attached hydrogens (tertiary/aromatic N) is 1. The van der Waals surface area contributed by atoms with Crippen LogP contribution in [0.1, 0.15) is 17.2 Å². The van der Waals surface area contributed by atoms with Crippen LogP contribution in [-0.2, 0) is 0 Å². The molecule has 1 aromatic heterocycles. The molecule has 0 saturated carbocycles. The summed E-state index contributed by atoms with van der Waals surface area (Å²) >= 11 is 9.52. The predicted molar refractivity (Wildman–Crippen MR) is 84.9 cm³/mol. The normalized spacial score (nSPS) is 12.6. The van der Waals surface area contributed by atoms with E-state index in [0.717, 1.165) is 9.86 Å². The maximum absolute atomic E-state index is 13.4. The Morgan fingerprint density at radius 2 is 1.95 bits per heavy atom. The molecule has 1 N–H and O–H groups in total. The number of fused-ring (bicyclic) bond motifs is 1. The number of aromatic nitrogens is 1. The lowest BCUT2D eigenvalue weighted by molar-refractivity contribution is 0.221. The number of aliphatic hydroxyl groups excluding tert-OH is 1. The number of hydrogen-bond acceptors (Lipinski definition) is 2. The molecule has 21 heavy (non-hydrogen) atoms. The number of hydrogen-bond donors (Lipinski definition) is 1. The lowest BCUT2D eigenvalue weighted by atomic mass is 9.98. The Morgan fingerprint density at radius 3 is 2.76 bits per heavy atom. The Morgan fingerprint density at radius 1 is 1.14 bits per heavy atom. The summed E-state index contributed by atoms with van der Waals surface area (Å²) in [6.07, 6.45) is 0.608. The fourth-order valence-electron chi connectivity index (χ4n) is 2.27. The van der Waals surface area contributed by atoms with Gasteiger partial charge in [-0.1, -0.05) is 39.7 Å². The lowest BCUT2D eigenvalue weighted by Gasteiger charge is -2.15. The van der Waals surface area contributed by atoms with Gasteiger partial charge in [0.15, 0.2) is 0 Å². The molecule has 1 atom stereocenters. The highest BCUT2D eigenvalue weighted by Gasteiger charge is 2.18. The van der Waals surface area contributed by atoms with Gasteiger partial charge in [-0.2, -0.15) is 0 Å². The molecule has 5 heteroatoms. The molecule has 0 aliphatic heterocycles. The zero-order chi connectivity index (χ0) is 15.0. The number of pyridine rings is 1. The van der Waals surface area contributed by atoms with Crippen LogP contribution in [0.4, 0.5) is 4.39 Å².